The Morgan fingerprint density at radius 3 is 2.88 bits per heavy atom. The fourth-order valence-corrected chi connectivity index (χ4v) is 1.48. The van der Waals surface area contributed by atoms with Crippen LogP contribution in [0.3, 0.4) is 0 Å². The average molecular weight is 239 g/mol. The van der Waals surface area contributed by atoms with E-state index in [2.05, 4.69) is 37.4 Å². The lowest BCUT2D eigenvalue weighted by Crippen LogP contribution is -2.19. The van der Waals surface area contributed by atoms with Crippen molar-refractivity contribution in [2.75, 3.05) is 19.8 Å². The molecule has 1 aromatic rings. The lowest BCUT2D eigenvalue weighted by Gasteiger charge is -2.05. The summed E-state index contributed by atoms with van der Waals surface area (Å²) < 4.78 is 7.45. The van der Waals surface area contributed by atoms with Gasteiger partial charge in [0.2, 0.25) is 0 Å². The molecule has 0 fully saturated rings. The van der Waals surface area contributed by atoms with Crippen LogP contribution in [0.25, 0.3) is 0 Å². The van der Waals surface area contributed by atoms with E-state index in [4.69, 9.17) is 4.74 Å². The van der Waals surface area contributed by atoms with Crippen molar-refractivity contribution in [1.29, 1.82) is 0 Å². The first-order valence-corrected chi connectivity index (χ1v) is 6.55. The van der Waals surface area contributed by atoms with Gasteiger partial charge in [-0.05, 0) is 20.3 Å². The molecule has 0 radical (unpaired) electrons. The molecule has 0 spiro atoms. The molecule has 1 N–H and O–H groups in total. The van der Waals surface area contributed by atoms with Gasteiger partial charge in [0, 0.05) is 37.5 Å². The smallest absolute Gasteiger partial charge is 0.0591 e. The Morgan fingerprint density at radius 2 is 2.24 bits per heavy atom. The van der Waals surface area contributed by atoms with Crippen LogP contribution in [0, 0.1) is 0 Å². The van der Waals surface area contributed by atoms with Crippen LogP contribution in [-0.2, 0) is 11.3 Å². The minimum atomic E-state index is 0.432. The van der Waals surface area contributed by atoms with Gasteiger partial charge in [-0.15, -0.1) is 0 Å². The summed E-state index contributed by atoms with van der Waals surface area (Å²) in [6.07, 6.45) is 6.36. The quantitative estimate of drug-likeness (QED) is 0.672. The summed E-state index contributed by atoms with van der Waals surface area (Å²) in [5.74, 6) is 0. The van der Waals surface area contributed by atoms with Gasteiger partial charge < -0.3 is 10.1 Å². The van der Waals surface area contributed by atoms with Crippen LogP contribution >= 0.6 is 0 Å². The summed E-state index contributed by atoms with van der Waals surface area (Å²) in [7, 11) is 0. The van der Waals surface area contributed by atoms with Crippen LogP contribution in [0.15, 0.2) is 12.4 Å². The van der Waals surface area contributed by atoms with Crippen LogP contribution in [0.1, 0.15) is 45.2 Å². The molecular weight excluding hydrogens is 214 g/mol. The zero-order chi connectivity index (χ0) is 12.5. The molecule has 0 unspecified atom stereocenters. The Bertz CT molecular complexity index is 297. The molecular formula is C13H25N3O. The van der Waals surface area contributed by atoms with Gasteiger partial charge in [-0.1, -0.05) is 13.3 Å². The average Bonchev–Trinajstić information content (AvgIpc) is 2.77. The molecule has 0 bridgehead atoms. The maximum atomic E-state index is 5.47. The van der Waals surface area contributed by atoms with Gasteiger partial charge in [-0.25, -0.2) is 0 Å². The van der Waals surface area contributed by atoms with Crippen LogP contribution in [-0.4, -0.2) is 29.5 Å². The number of aromatic nitrogens is 2. The van der Waals surface area contributed by atoms with Crippen molar-refractivity contribution >= 4 is 0 Å². The van der Waals surface area contributed by atoms with Crippen LogP contribution in [0.5, 0.6) is 0 Å². The summed E-state index contributed by atoms with van der Waals surface area (Å²) in [6, 6.07) is 0.432. The second-order valence-electron chi connectivity index (χ2n) is 4.57. The number of rotatable bonds is 9. The highest BCUT2D eigenvalue weighted by Crippen LogP contribution is 2.04. The zero-order valence-corrected chi connectivity index (χ0v) is 11.3. The monoisotopic (exact) mass is 239 g/mol. The van der Waals surface area contributed by atoms with Gasteiger partial charge in [0.25, 0.3) is 0 Å². The Morgan fingerprint density at radius 1 is 1.41 bits per heavy atom. The van der Waals surface area contributed by atoms with Crippen molar-refractivity contribution in [2.24, 2.45) is 0 Å². The van der Waals surface area contributed by atoms with E-state index in [1.165, 1.54) is 12.0 Å². The van der Waals surface area contributed by atoms with Crippen molar-refractivity contribution in [2.45, 2.75) is 46.2 Å². The fourth-order valence-electron chi connectivity index (χ4n) is 1.48. The molecule has 4 nitrogen and oxygen atoms in total. The molecule has 0 atom stereocenters. The summed E-state index contributed by atoms with van der Waals surface area (Å²) in [5.41, 5.74) is 1.23. The molecule has 98 valence electrons. The molecule has 0 amide bonds. The van der Waals surface area contributed by atoms with Crippen molar-refractivity contribution in [1.82, 2.24) is 15.1 Å². The lowest BCUT2D eigenvalue weighted by atomic mass is 10.3. The molecule has 0 aliphatic carbocycles. The third-order valence-electron chi connectivity index (χ3n) is 2.58. The molecule has 1 heterocycles. The van der Waals surface area contributed by atoms with E-state index in [9.17, 15) is 0 Å². The first-order chi connectivity index (χ1) is 8.24. The highest BCUT2D eigenvalue weighted by atomic mass is 16.5. The highest BCUT2D eigenvalue weighted by molar-refractivity contribution is 5.03. The van der Waals surface area contributed by atoms with E-state index in [1.54, 1.807) is 0 Å². The largest absolute Gasteiger partial charge is 0.380 e. The minimum absolute atomic E-state index is 0.432. The molecule has 0 aliphatic heterocycles. The number of nitrogens with one attached hydrogen (secondary N) is 1. The zero-order valence-electron chi connectivity index (χ0n) is 11.3. The van der Waals surface area contributed by atoms with E-state index >= 15 is 0 Å². The Kier molecular flexibility index (Phi) is 6.89. The van der Waals surface area contributed by atoms with Crippen molar-refractivity contribution in [3.8, 4) is 0 Å². The summed E-state index contributed by atoms with van der Waals surface area (Å²) in [4.78, 5) is 0. The van der Waals surface area contributed by atoms with E-state index in [0.29, 0.717) is 6.04 Å². The van der Waals surface area contributed by atoms with Gasteiger partial charge in [-0.2, -0.15) is 5.10 Å². The Labute approximate surface area is 104 Å². The SMILES string of the molecule is CCCCOCCNCc1cnn(C(C)C)c1. The van der Waals surface area contributed by atoms with Crippen LogP contribution in [0.4, 0.5) is 0 Å². The van der Waals surface area contributed by atoms with Crippen LogP contribution < -0.4 is 5.32 Å². The van der Waals surface area contributed by atoms with Gasteiger partial charge in [-0.3, -0.25) is 4.68 Å². The number of unbranched alkanes of at least 4 members (excludes halogenated alkanes) is 1. The number of hydrogen-bond acceptors (Lipinski definition) is 3. The van der Waals surface area contributed by atoms with Crippen molar-refractivity contribution < 1.29 is 4.74 Å². The normalized spacial score (nSPS) is 11.3. The third kappa shape index (κ3) is 5.84. The van der Waals surface area contributed by atoms with Gasteiger partial charge in [0.1, 0.15) is 0 Å². The first kappa shape index (κ1) is 14.2. The molecule has 1 aromatic heterocycles. The Balaban J connectivity index is 2.05. The minimum Gasteiger partial charge on any atom is -0.380 e. The van der Waals surface area contributed by atoms with Crippen molar-refractivity contribution in [3.05, 3.63) is 18.0 Å². The van der Waals surface area contributed by atoms with Crippen LogP contribution in [0.2, 0.25) is 0 Å². The predicted octanol–water partition coefficient (Wildman–Crippen LogP) is 2.37. The molecule has 0 saturated carbocycles. The predicted molar refractivity (Wildman–Crippen MR) is 70.0 cm³/mol. The maximum absolute atomic E-state index is 5.47. The molecule has 17 heavy (non-hydrogen) atoms. The maximum Gasteiger partial charge on any atom is 0.0591 e. The fraction of sp³-hybridized carbons (Fsp3) is 0.769. The van der Waals surface area contributed by atoms with Gasteiger partial charge in [0.05, 0.1) is 12.8 Å². The standard InChI is InChI=1S/C13H25N3O/c1-4-5-7-17-8-6-14-9-13-10-15-16(11-13)12(2)3/h10-12,14H,4-9H2,1-3H3. The van der Waals surface area contributed by atoms with Gasteiger partial charge >= 0.3 is 0 Å². The van der Waals surface area contributed by atoms with Gasteiger partial charge in [0.15, 0.2) is 0 Å². The molecule has 0 aromatic carbocycles. The highest BCUT2D eigenvalue weighted by Gasteiger charge is 2.00. The lowest BCUT2D eigenvalue weighted by molar-refractivity contribution is 0.133. The molecule has 1 rings (SSSR count). The number of ether oxygens (including phenoxy) is 1. The summed E-state index contributed by atoms with van der Waals surface area (Å²) in [5, 5.41) is 7.65. The molecule has 4 heteroatoms. The van der Waals surface area contributed by atoms with Crippen molar-refractivity contribution in [3.63, 3.8) is 0 Å². The molecule has 0 aliphatic rings. The topological polar surface area (TPSA) is 39.1 Å². The third-order valence-corrected chi connectivity index (χ3v) is 2.58. The van der Waals surface area contributed by atoms with E-state index in [0.717, 1.165) is 32.7 Å². The number of hydrogen-bond donors (Lipinski definition) is 1. The van der Waals surface area contributed by atoms with E-state index in [1.807, 2.05) is 10.9 Å². The Hall–Kier alpha value is -0.870. The second-order valence-corrected chi connectivity index (χ2v) is 4.57. The summed E-state index contributed by atoms with van der Waals surface area (Å²) in [6.45, 7) is 9.87. The second kappa shape index (κ2) is 8.25. The first-order valence-electron chi connectivity index (χ1n) is 6.55. The number of nitrogens with zero attached hydrogens (tertiary/aromatic N) is 2. The van der Waals surface area contributed by atoms with E-state index < -0.39 is 0 Å². The molecule has 0 saturated heterocycles. The summed E-state index contributed by atoms with van der Waals surface area (Å²) >= 11 is 0. The van der Waals surface area contributed by atoms with E-state index in [-0.39, 0.29) is 0 Å².